The topological polar surface area (TPSA) is 62.2 Å². The van der Waals surface area contributed by atoms with Crippen LogP contribution in [0.25, 0.3) is 0 Å². The van der Waals surface area contributed by atoms with E-state index in [1.807, 2.05) is 4.90 Å². The van der Waals surface area contributed by atoms with E-state index in [1.165, 1.54) is 12.8 Å². The second kappa shape index (κ2) is 8.06. The molecule has 138 valence electrons. The largest absolute Gasteiger partial charge is 0.497 e. The van der Waals surface area contributed by atoms with Crippen molar-refractivity contribution >= 4 is 5.91 Å². The molecule has 6 nitrogen and oxygen atoms in total. The summed E-state index contributed by atoms with van der Waals surface area (Å²) >= 11 is 0. The van der Waals surface area contributed by atoms with Gasteiger partial charge in [0, 0.05) is 38.2 Å². The first-order valence-electron chi connectivity index (χ1n) is 9.00. The highest BCUT2D eigenvalue weighted by molar-refractivity contribution is 5.97. The van der Waals surface area contributed by atoms with Gasteiger partial charge in [-0.05, 0) is 44.0 Å². The van der Waals surface area contributed by atoms with Gasteiger partial charge in [-0.2, -0.15) is 0 Å². The number of likely N-dealkylation sites (tertiary alicyclic amines) is 2. The molecule has 2 heterocycles. The summed E-state index contributed by atoms with van der Waals surface area (Å²) < 4.78 is 10.6. The molecule has 0 spiro atoms. The van der Waals surface area contributed by atoms with Gasteiger partial charge in [0.05, 0.1) is 19.8 Å². The van der Waals surface area contributed by atoms with Crippen LogP contribution in [0.5, 0.6) is 11.5 Å². The van der Waals surface area contributed by atoms with E-state index in [4.69, 9.17) is 9.47 Å². The number of rotatable bonds is 6. The Morgan fingerprint density at radius 2 is 1.88 bits per heavy atom. The van der Waals surface area contributed by atoms with Gasteiger partial charge < -0.3 is 24.4 Å². The lowest BCUT2D eigenvalue weighted by molar-refractivity contribution is 0.0776. The number of nitrogens with zero attached hydrogens (tertiary/aromatic N) is 2. The third-order valence-electron chi connectivity index (χ3n) is 5.43. The van der Waals surface area contributed by atoms with Crippen LogP contribution in [0.4, 0.5) is 0 Å². The number of amides is 1. The second-order valence-corrected chi connectivity index (χ2v) is 6.99. The van der Waals surface area contributed by atoms with Gasteiger partial charge in [0.15, 0.2) is 0 Å². The molecule has 3 rings (SSSR count). The molecule has 0 aromatic heterocycles. The highest BCUT2D eigenvalue weighted by atomic mass is 16.5. The Balaban J connectivity index is 1.72. The summed E-state index contributed by atoms with van der Waals surface area (Å²) in [6.45, 7) is 4.65. The van der Waals surface area contributed by atoms with Gasteiger partial charge in [-0.1, -0.05) is 0 Å². The van der Waals surface area contributed by atoms with Gasteiger partial charge in [0.25, 0.3) is 5.91 Å². The molecule has 1 aromatic carbocycles. The maximum atomic E-state index is 13.0. The van der Waals surface area contributed by atoms with Crippen molar-refractivity contribution in [2.24, 2.45) is 11.8 Å². The third kappa shape index (κ3) is 3.90. The molecule has 1 amide bonds. The van der Waals surface area contributed by atoms with E-state index >= 15 is 0 Å². The van der Waals surface area contributed by atoms with E-state index in [0.717, 1.165) is 19.6 Å². The van der Waals surface area contributed by atoms with E-state index in [0.29, 0.717) is 36.1 Å². The Morgan fingerprint density at radius 1 is 1.16 bits per heavy atom. The van der Waals surface area contributed by atoms with Crippen LogP contribution >= 0.6 is 0 Å². The second-order valence-electron chi connectivity index (χ2n) is 6.99. The molecule has 2 fully saturated rings. The van der Waals surface area contributed by atoms with Crippen molar-refractivity contribution in [2.45, 2.75) is 12.8 Å². The summed E-state index contributed by atoms with van der Waals surface area (Å²) in [6, 6.07) is 5.26. The van der Waals surface area contributed by atoms with E-state index < -0.39 is 0 Å². The van der Waals surface area contributed by atoms with E-state index in [-0.39, 0.29) is 18.4 Å². The van der Waals surface area contributed by atoms with Crippen LogP contribution in [0, 0.1) is 11.8 Å². The van der Waals surface area contributed by atoms with Crippen molar-refractivity contribution in [1.29, 1.82) is 0 Å². The monoisotopic (exact) mass is 348 g/mol. The first-order valence-corrected chi connectivity index (χ1v) is 9.00. The number of hydrogen-bond acceptors (Lipinski definition) is 5. The number of carbonyl (C=O) groups is 1. The fourth-order valence-electron chi connectivity index (χ4n) is 3.96. The molecule has 2 unspecified atom stereocenters. The molecule has 2 atom stereocenters. The van der Waals surface area contributed by atoms with Crippen LogP contribution < -0.4 is 9.47 Å². The van der Waals surface area contributed by atoms with Crippen molar-refractivity contribution in [3.63, 3.8) is 0 Å². The van der Waals surface area contributed by atoms with Crippen molar-refractivity contribution < 1.29 is 19.4 Å². The quantitative estimate of drug-likeness (QED) is 0.844. The number of aliphatic hydroxyl groups excluding tert-OH is 1. The van der Waals surface area contributed by atoms with E-state index in [1.54, 1.807) is 32.4 Å². The number of carbonyl (C=O) groups excluding carboxylic acids is 1. The molecule has 25 heavy (non-hydrogen) atoms. The smallest absolute Gasteiger partial charge is 0.257 e. The van der Waals surface area contributed by atoms with Crippen molar-refractivity contribution in [3.8, 4) is 11.5 Å². The maximum Gasteiger partial charge on any atom is 0.257 e. The number of hydrogen-bond donors (Lipinski definition) is 1. The summed E-state index contributed by atoms with van der Waals surface area (Å²) in [5.41, 5.74) is 0.543. The first kappa shape index (κ1) is 18.0. The molecule has 1 aromatic rings. The van der Waals surface area contributed by atoms with E-state index in [9.17, 15) is 9.90 Å². The molecular formula is C19H28N2O4. The first-order chi connectivity index (χ1) is 12.2. The van der Waals surface area contributed by atoms with Crippen molar-refractivity contribution in [1.82, 2.24) is 9.80 Å². The van der Waals surface area contributed by atoms with Gasteiger partial charge >= 0.3 is 0 Å². The van der Waals surface area contributed by atoms with Crippen LogP contribution in [0.3, 0.4) is 0 Å². The normalized spacial score (nSPS) is 23.9. The summed E-state index contributed by atoms with van der Waals surface area (Å²) in [4.78, 5) is 17.3. The zero-order valence-electron chi connectivity index (χ0n) is 15.1. The zero-order chi connectivity index (χ0) is 17.8. The van der Waals surface area contributed by atoms with Crippen LogP contribution in [-0.2, 0) is 0 Å². The lowest BCUT2D eigenvalue weighted by Gasteiger charge is -2.23. The number of ether oxygens (including phenoxy) is 2. The molecule has 1 N–H and O–H groups in total. The maximum absolute atomic E-state index is 13.0. The van der Waals surface area contributed by atoms with Crippen molar-refractivity contribution in [2.75, 3.05) is 53.6 Å². The summed E-state index contributed by atoms with van der Waals surface area (Å²) in [5.74, 6) is 1.62. The summed E-state index contributed by atoms with van der Waals surface area (Å²) in [6.07, 6.45) is 2.50. The van der Waals surface area contributed by atoms with Crippen LogP contribution in [-0.4, -0.2) is 74.4 Å². The fraction of sp³-hybridized carbons (Fsp3) is 0.632. The van der Waals surface area contributed by atoms with Crippen LogP contribution in [0.1, 0.15) is 23.2 Å². The molecule has 0 aliphatic carbocycles. The lowest BCUT2D eigenvalue weighted by Crippen LogP contribution is -2.32. The lowest BCUT2D eigenvalue weighted by atomic mass is 9.96. The minimum absolute atomic E-state index is 0.0399. The van der Waals surface area contributed by atoms with Gasteiger partial charge in [0.2, 0.25) is 0 Å². The number of aliphatic hydroxyl groups is 1. The molecule has 0 radical (unpaired) electrons. The molecule has 0 bridgehead atoms. The van der Waals surface area contributed by atoms with Crippen molar-refractivity contribution in [3.05, 3.63) is 23.8 Å². The Morgan fingerprint density at radius 3 is 2.52 bits per heavy atom. The van der Waals surface area contributed by atoms with Crippen LogP contribution in [0.15, 0.2) is 18.2 Å². The minimum Gasteiger partial charge on any atom is -0.497 e. The summed E-state index contributed by atoms with van der Waals surface area (Å²) in [5, 5.41) is 9.75. The third-order valence-corrected chi connectivity index (χ3v) is 5.43. The van der Waals surface area contributed by atoms with Gasteiger partial charge in [-0.25, -0.2) is 0 Å². The highest BCUT2D eigenvalue weighted by Crippen LogP contribution is 2.30. The Bertz CT molecular complexity index is 601. The van der Waals surface area contributed by atoms with Gasteiger partial charge in [-0.15, -0.1) is 0 Å². The summed E-state index contributed by atoms with van der Waals surface area (Å²) in [7, 11) is 3.15. The average molecular weight is 348 g/mol. The average Bonchev–Trinajstić information content (AvgIpc) is 3.30. The molecule has 0 saturated carbocycles. The number of methoxy groups -OCH3 is 2. The van der Waals surface area contributed by atoms with E-state index in [2.05, 4.69) is 4.90 Å². The Labute approximate surface area is 149 Å². The number of benzene rings is 1. The Kier molecular flexibility index (Phi) is 5.81. The predicted molar refractivity (Wildman–Crippen MR) is 95.2 cm³/mol. The minimum atomic E-state index is -0.0399. The molecular weight excluding hydrogens is 320 g/mol. The highest BCUT2D eigenvalue weighted by Gasteiger charge is 2.37. The SMILES string of the molecule is COc1ccc(C(=O)N2CC(CO)C(CN3CCCC3)C2)c(OC)c1. The zero-order valence-corrected chi connectivity index (χ0v) is 15.1. The Hall–Kier alpha value is -1.79. The molecule has 6 heteroatoms. The standard InChI is InChI=1S/C19H28N2O4/c1-24-16-5-6-17(18(9-16)25-2)19(23)21-11-14(15(12-21)13-22)10-20-7-3-4-8-20/h5-6,9,14-15,22H,3-4,7-8,10-13H2,1-2H3. The molecule has 2 aliphatic rings. The molecule has 2 saturated heterocycles. The fourth-order valence-corrected chi connectivity index (χ4v) is 3.96. The van der Waals surface area contributed by atoms with Gasteiger partial charge in [0.1, 0.15) is 11.5 Å². The predicted octanol–water partition coefficient (Wildman–Crippen LogP) is 1.48. The van der Waals surface area contributed by atoms with Crippen LogP contribution in [0.2, 0.25) is 0 Å². The molecule has 2 aliphatic heterocycles. The van der Waals surface area contributed by atoms with Gasteiger partial charge in [-0.3, -0.25) is 4.79 Å².